The number of rotatable bonds is 6. The molecule has 1 aliphatic heterocycles. The summed E-state index contributed by atoms with van der Waals surface area (Å²) in [5.41, 5.74) is 0.735. The number of nitrogens with one attached hydrogen (secondary N) is 1. The molecule has 1 heterocycles. The first-order valence-corrected chi connectivity index (χ1v) is 10.6. The number of para-hydroxylation sites is 1. The van der Waals surface area contributed by atoms with Gasteiger partial charge in [-0.15, -0.1) is 0 Å². The fourth-order valence-electron chi connectivity index (χ4n) is 3.40. The molecule has 10 heteroatoms. The molecular formula is C24H16Cl2N2O6. The number of halogens is 2. The molecular weight excluding hydrogens is 483 g/mol. The first-order valence-electron chi connectivity index (χ1n) is 9.88. The Kier molecular flexibility index (Phi) is 6.54. The van der Waals surface area contributed by atoms with Gasteiger partial charge in [0.2, 0.25) is 0 Å². The number of amides is 3. The molecule has 8 nitrogen and oxygen atoms in total. The average Bonchev–Trinajstić information content (AvgIpc) is 3.07. The van der Waals surface area contributed by atoms with Gasteiger partial charge in [-0.2, -0.15) is 0 Å². The summed E-state index contributed by atoms with van der Waals surface area (Å²) in [6, 6.07) is 15.1. The Morgan fingerprint density at radius 1 is 0.941 bits per heavy atom. The van der Waals surface area contributed by atoms with Crippen molar-refractivity contribution < 1.29 is 28.7 Å². The number of ether oxygens (including phenoxy) is 2. The van der Waals surface area contributed by atoms with E-state index in [1.807, 2.05) is 0 Å². The Labute approximate surface area is 204 Å². The fourth-order valence-corrected chi connectivity index (χ4v) is 3.79. The third kappa shape index (κ3) is 4.46. The third-order valence-corrected chi connectivity index (χ3v) is 5.54. The van der Waals surface area contributed by atoms with E-state index >= 15 is 0 Å². The van der Waals surface area contributed by atoms with E-state index in [1.165, 1.54) is 31.4 Å². The van der Waals surface area contributed by atoms with Crippen LogP contribution in [0.2, 0.25) is 10.0 Å². The van der Waals surface area contributed by atoms with Crippen molar-refractivity contribution in [3.63, 3.8) is 0 Å². The number of methoxy groups -OCH3 is 1. The Balaban J connectivity index is 1.46. The molecule has 4 rings (SSSR count). The molecule has 0 fully saturated rings. The molecule has 1 N–H and O–H groups in total. The molecule has 3 aromatic rings. The molecule has 0 bridgehead atoms. The van der Waals surface area contributed by atoms with Gasteiger partial charge < -0.3 is 14.8 Å². The molecule has 0 spiro atoms. The lowest BCUT2D eigenvalue weighted by atomic mass is 10.1. The summed E-state index contributed by atoms with van der Waals surface area (Å²) in [6.45, 7) is -0.593. The summed E-state index contributed by atoms with van der Waals surface area (Å²) in [7, 11) is 1.44. The van der Waals surface area contributed by atoms with Crippen LogP contribution >= 0.6 is 23.2 Å². The van der Waals surface area contributed by atoms with Crippen molar-refractivity contribution in [1.82, 2.24) is 0 Å². The second-order valence-electron chi connectivity index (χ2n) is 7.13. The highest BCUT2D eigenvalue weighted by Crippen LogP contribution is 2.33. The van der Waals surface area contributed by atoms with Crippen LogP contribution in [0.5, 0.6) is 5.75 Å². The minimum absolute atomic E-state index is 0.00837. The number of hydrogen-bond acceptors (Lipinski definition) is 6. The predicted molar refractivity (Wildman–Crippen MR) is 126 cm³/mol. The molecule has 172 valence electrons. The van der Waals surface area contributed by atoms with Crippen molar-refractivity contribution in [3.8, 4) is 5.75 Å². The summed E-state index contributed by atoms with van der Waals surface area (Å²) in [6.07, 6.45) is 0. The highest BCUT2D eigenvalue weighted by molar-refractivity contribution is 6.40. The van der Waals surface area contributed by atoms with Crippen LogP contribution in [0.1, 0.15) is 31.1 Å². The number of benzene rings is 3. The number of fused-ring (bicyclic) bond motifs is 1. The zero-order chi connectivity index (χ0) is 24.4. The van der Waals surface area contributed by atoms with E-state index in [9.17, 15) is 19.2 Å². The van der Waals surface area contributed by atoms with Crippen LogP contribution in [0.4, 0.5) is 11.4 Å². The van der Waals surface area contributed by atoms with E-state index in [0.717, 1.165) is 4.90 Å². The maximum Gasteiger partial charge on any atom is 0.338 e. The summed E-state index contributed by atoms with van der Waals surface area (Å²) in [4.78, 5) is 51.3. The zero-order valence-electron chi connectivity index (χ0n) is 17.6. The van der Waals surface area contributed by atoms with Crippen LogP contribution in [-0.2, 0) is 9.53 Å². The van der Waals surface area contributed by atoms with E-state index in [0.29, 0.717) is 16.5 Å². The van der Waals surface area contributed by atoms with Crippen LogP contribution in [0.25, 0.3) is 0 Å². The van der Waals surface area contributed by atoms with E-state index in [1.54, 1.807) is 36.4 Å². The maximum atomic E-state index is 12.9. The van der Waals surface area contributed by atoms with Crippen LogP contribution in [0.15, 0.2) is 60.7 Å². The number of imide groups is 1. The predicted octanol–water partition coefficient (Wildman–Crippen LogP) is 4.60. The quantitative estimate of drug-likeness (QED) is 0.393. The Morgan fingerprint density at radius 3 is 2.41 bits per heavy atom. The van der Waals surface area contributed by atoms with Gasteiger partial charge in [-0.1, -0.05) is 35.3 Å². The van der Waals surface area contributed by atoms with Crippen molar-refractivity contribution >= 4 is 58.3 Å². The van der Waals surface area contributed by atoms with Gasteiger partial charge in [0, 0.05) is 5.02 Å². The summed E-state index contributed by atoms with van der Waals surface area (Å²) in [5, 5.41) is 3.17. The topological polar surface area (TPSA) is 102 Å². The van der Waals surface area contributed by atoms with Gasteiger partial charge in [0.05, 0.1) is 40.2 Å². The smallest absolute Gasteiger partial charge is 0.338 e. The van der Waals surface area contributed by atoms with Crippen molar-refractivity contribution in [2.75, 3.05) is 23.9 Å². The molecule has 0 unspecified atom stereocenters. The van der Waals surface area contributed by atoms with Crippen molar-refractivity contribution in [2.45, 2.75) is 0 Å². The van der Waals surface area contributed by atoms with Gasteiger partial charge in [-0.05, 0) is 48.5 Å². The molecule has 3 amide bonds. The summed E-state index contributed by atoms with van der Waals surface area (Å²) >= 11 is 12.1. The van der Waals surface area contributed by atoms with Crippen LogP contribution < -0.4 is 15.0 Å². The van der Waals surface area contributed by atoms with Crippen LogP contribution in [0, 0.1) is 0 Å². The highest BCUT2D eigenvalue weighted by atomic mass is 35.5. The highest BCUT2D eigenvalue weighted by Gasteiger charge is 2.38. The summed E-state index contributed by atoms with van der Waals surface area (Å²) < 4.78 is 10.2. The second-order valence-corrected chi connectivity index (χ2v) is 7.97. The number of hydrogen-bond donors (Lipinski definition) is 1. The number of nitrogens with zero attached hydrogens (tertiary/aromatic N) is 1. The molecule has 0 radical (unpaired) electrons. The first-order chi connectivity index (χ1) is 16.3. The van der Waals surface area contributed by atoms with Gasteiger partial charge in [-0.3, -0.25) is 14.4 Å². The zero-order valence-corrected chi connectivity index (χ0v) is 19.1. The van der Waals surface area contributed by atoms with Crippen molar-refractivity contribution in [2.24, 2.45) is 0 Å². The number of esters is 1. The first kappa shape index (κ1) is 23.3. The van der Waals surface area contributed by atoms with Gasteiger partial charge in [0.25, 0.3) is 17.7 Å². The Hall–Kier alpha value is -3.88. The lowest BCUT2D eigenvalue weighted by Gasteiger charge is -2.15. The van der Waals surface area contributed by atoms with Crippen LogP contribution in [-0.4, -0.2) is 37.4 Å². The van der Waals surface area contributed by atoms with E-state index in [4.69, 9.17) is 32.7 Å². The molecule has 3 aromatic carbocycles. The minimum atomic E-state index is -0.840. The number of carbonyl (C=O) groups is 4. The number of anilines is 2. The van der Waals surface area contributed by atoms with Gasteiger partial charge in [-0.25, -0.2) is 9.69 Å². The van der Waals surface area contributed by atoms with Gasteiger partial charge in [0.1, 0.15) is 5.75 Å². The van der Waals surface area contributed by atoms with Gasteiger partial charge >= 0.3 is 5.97 Å². The van der Waals surface area contributed by atoms with E-state index < -0.39 is 30.3 Å². The van der Waals surface area contributed by atoms with Crippen molar-refractivity contribution in [1.29, 1.82) is 0 Å². The summed E-state index contributed by atoms with van der Waals surface area (Å²) in [5.74, 6) is -2.25. The molecule has 34 heavy (non-hydrogen) atoms. The maximum absolute atomic E-state index is 12.9. The number of carbonyl (C=O) groups excluding carboxylic acids is 4. The largest absolute Gasteiger partial charge is 0.495 e. The molecule has 0 saturated heterocycles. The van der Waals surface area contributed by atoms with E-state index in [-0.39, 0.29) is 27.4 Å². The minimum Gasteiger partial charge on any atom is -0.495 e. The Morgan fingerprint density at radius 2 is 1.68 bits per heavy atom. The molecule has 1 aliphatic rings. The molecule has 0 saturated carbocycles. The normalized spacial score (nSPS) is 12.4. The fraction of sp³-hybridized carbons (Fsp3) is 0.0833. The standard InChI is InChI=1S/C24H16Cl2N2O6/c1-33-20-9-7-14(25)11-18(20)27-21(29)12-34-24(32)13-6-8-15-16(10-13)23(31)28(22(15)30)19-5-3-2-4-17(19)26/h2-11H,12H2,1H3,(H,27,29). The third-order valence-electron chi connectivity index (χ3n) is 4.99. The Bertz CT molecular complexity index is 1340. The average molecular weight is 499 g/mol. The van der Waals surface area contributed by atoms with Crippen molar-refractivity contribution in [3.05, 3.63) is 87.4 Å². The van der Waals surface area contributed by atoms with E-state index in [2.05, 4.69) is 5.32 Å². The monoisotopic (exact) mass is 498 g/mol. The second kappa shape index (κ2) is 9.54. The SMILES string of the molecule is COc1ccc(Cl)cc1NC(=O)COC(=O)c1ccc2c(c1)C(=O)N(c1ccccc1Cl)C2=O. The molecule has 0 aromatic heterocycles. The lowest BCUT2D eigenvalue weighted by molar-refractivity contribution is -0.119. The molecule has 0 aliphatic carbocycles. The lowest BCUT2D eigenvalue weighted by Crippen LogP contribution is -2.29. The van der Waals surface area contributed by atoms with Gasteiger partial charge in [0.15, 0.2) is 6.61 Å². The molecule has 0 atom stereocenters. The van der Waals surface area contributed by atoms with Crippen LogP contribution in [0.3, 0.4) is 0 Å².